The third kappa shape index (κ3) is 3.10. The van der Waals surface area contributed by atoms with Crippen LogP contribution in [0.2, 0.25) is 5.02 Å². The molecule has 1 N–H and O–H groups in total. The van der Waals surface area contributed by atoms with Crippen molar-refractivity contribution in [2.45, 2.75) is 12.5 Å². The molecule has 0 aliphatic rings. The lowest BCUT2D eigenvalue weighted by Gasteiger charge is -2.13. The second kappa shape index (κ2) is 5.83. The van der Waals surface area contributed by atoms with Crippen molar-refractivity contribution in [2.24, 2.45) is 0 Å². The molecule has 2 aromatic carbocycles. The molecule has 4 heteroatoms. The van der Waals surface area contributed by atoms with Crippen LogP contribution in [-0.2, 0) is 6.42 Å². The zero-order valence-electron chi connectivity index (χ0n) is 9.41. The van der Waals surface area contributed by atoms with Crippen LogP contribution in [0.15, 0.2) is 46.9 Å². The van der Waals surface area contributed by atoms with Crippen molar-refractivity contribution in [2.75, 3.05) is 0 Å². The van der Waals surface area contributed by atoms with Gasteiger partial charge in [0.2, 0.25) is 0 Å². The van der Waals surface area contributed by atoms with Gasteiger partial charge in [-0.1, -0.05) is 45.7 Å². The fourth-order valence-corrected chi connectivity index (χ4v) is 2.23. The Labute approximate surface area is 118 Å². The van der Waals surface area contributed by atoms with Crippen molar-refractivity contribution in [1.29, 1.82) is 0 Å². The molecule has 2 aromatic rings. The summed E-state index contributed by atoms with van der Waals surface area (Å²) in [6.07, 6.45) is -0.611. The highest BCUT2D eigenvalue weighted by Crippen LogP contribution is 2.26. The van der Waals surface area contributed by atoms with E-state index in [9.17, 15) is 9.50 Å². The Morgan fingerprint density at radius 2 is 1.83 bits per heavy atom. The number of hydrogen-bond donors (Lipinski definition) is 1. The molecule has 1 atom stereocenters. The zero-order chi connectivity index (χ0) is 13.1. The van der Waals surface area contributed by atoms with Crippen molar-refractivity contribution in [3.63, 3.8) is 0 Å². The number of aliphatic hydroxyl groups is 1. The summed E-state index contributed by atoms with van der Waals surface area (Å²) in [5.41, 5.74) is 1.08. The molecule has 0 fully saturated rings. The summed E-state index contributed by atoms with van der Waals surface area (Å²) in [6, 6.07) is 11.8. The van der Waals surface area contributed by atoms with Gasteiger partial charge in [0.1, 0.15) is 5.82 Å². The van der Waals surface area contributed by atoms with Crippen LogP contribution in [0, 0.1) is 5.82 Å². The fraction of sp³-hybridized carbons (Fsp3) is 0.143. The van der Waals surface area contributed by atoms with Crippen LogP contribution in [0.5, 0.6) is 0 Å². The second-order valence-corrected chi connectivity index (χ2v) is 5.29. The summed E-state index contributed by atoms with van der Waals surface area (Å²) >= 11 is 9.25. The molecule has 0 aliphatic heterocycles. The maximum atomic E-state index is 13.6. The van der Waals surface area contributed by atoms with Gasteiger partial charge in [-0.3, -0.25) is 0 Å². The zero-order valence-corrected chi connectivity index (χ0v) is 11.7. The van der Waals surface area contributed by atoms with Gasteiger partial charge in [-0.25, -0.2) is 4.39 Å². The van der Waals surface area contributed by atoms with Gasteiger partial charge in [0.25, 0.3) is 0 Å². The number of benzene rings is 2. The lowest BCUT2D eigenvalue weighted by atomic mass is 10.0. The monoisotopic (exact) mass is 328 g/mol. The molecule has 0 saturated heterocycles. The standard InChI is InChI=1S/C14H11BrClFO/c15-10-6-4-9(5-7-10)14(18)8-11-12(16)2-1-3-13(11)17/h1-7,14,18H,8H2. The minimum atomic E-state index is -0.771. The summed E-state index contributed by atoms with van der Waals surface area (Å²) < 4.78 is 14.5. The van der Waals surface area contributed by atoms with Gasteiger partial charge in [0.05, 0.1) is 6.10 Å². The van der Waals surface area contributed by atoms with Crippen molar-refractivity contribution in [3.8, 4) is 0 Å². The first-order valence-electron chi connectivity index (χ1n) is 5.44. The van der Waals surface area contributed by atoms with E-state index in [2.05, 4.69) is 15.9 Å². The van der Waals surface area contributed by atoms with E-state index >= 15 is 0 Å². The van der Waals surface area contributed by atoms with E-state index in [1.165, 1.54) is 6.07 Å². The molecule has 2 rings (SSSR count). The Morgan fingerprint density at radius 1 is 1.17 bits per heavy atom. The molecule has 94 valence electrons. The number of aliphatic hydroxyl groups excluding tert-OH is 1. The maximum absolute atomic E-state index is 13.6. The van der Waals surface area contributed by atoms with E-state index in [1.54, 1.807) is 24.3 Å². The molecular formula is C14H11BrClFO. The number of rotatable bonds is 3. The summed E-state index contributed by atoms with van der Waals surface area (Å²) in [7, 11) is 0. The Balaban J connectivity index is 2.21. The smallest absolute Gasteiger partial charge is 0.127 e. The maximum Gasteiger partial charge on any atom is 0.127 e. The second-order valence-electron chi connectivity index (χ2n) is 3.97. The van der Waals surface area contributed by atoms with Gasteiger partial charge < -0.3 is 5.11 Å². The minimum Gasteiger partial charge on any atom is -0.388 e. The quantitative estimate of drug-likeness (QED) is 0.878. The van der Waals surface area contributed by atoms with Gasteiger partial charge >= 0.3 is 0 Å². The first kappa shape index (κ1) is 13.5. The van der Waals surface area contributed by atoms with E-state index < -0.39 is 11.9 Å². The van der Waals surface area contributed by atoms with E-state index in [-0.39, 0.29) is 6.42 Å². The molecule has 18 heavy (non-hydrogen) atoms. The van der Waals surface area contributed by atoms with Crippen LogP contribution in [-0.4, -0.2) is 5.11 Å². The average molecular weight is 330 g/mol. The van der Waals surface area contributed by atoms with Crippen molar-refractivity contribution in [1.82, 2.24) is 0 Å². The Morgan fingerprint density at radius 3 is 2.44 bits per heavy atom. The summed E-state index contributed by atoms with van der Waals surface area (Å²) in [6.45, 7) is 0. The van der Waals surface area contributed by atoms with Gasteiger partial charge in [0.15, 0.2) is 0 Å². The van der Waals surface area contributed by atoms with E-state index in [0.29, 0.717) is 10.6 Å². The van der Waals surface area contributed by atoms with Crippen molar-refractivity contribution >= 4 is 27.5 Å². The highest BCUT2D eigenvalue weighted by atomic mass is 79.9. The third-order valence-electron chi connectivity index (χ3n) is 2.71. The Kier molecular flexibility index (Phi) is 4.38. The van der Waals surface area contributed by atoms with E-state index in [0.717, 1.165) is 10.0 Å². The molecule has 0 bridgehead atoms. The molecular weight excluding hydrogens is 319 g/mol. The van der Waals surface area contributed by atoms with Crippen LogP contribution in [0.1, 0.15) is 17.2 Å². The highest BCUT2D eigenvalue weighted by molar-refractivity contribution is 9.10. The normalized spacial score (nSPS) is 12.4. The predicted octanol–water partition coefficient (Wildman–Crippen LogP) is 4.52. The summed E-state index contributed by atoms with van der Waals surface area (Å²) in [5.74, 6) is -0.390. The lowest BCUT2D eigenvalue weighted by Crippen LogP contribution is -2.04. The summed E-state index contributed by atoms with van der Waals surface area (Å²) in [5, 5.41) is 10.4. The molecule has 0 saturated carbocycles. The molecule has 0 aromatic heterocycles. The first-order chi connectivity index (χ1) is 8.58. The fourth-order valence-electron chi connectivity index (χ4n) is 1.72. The SMILES string of the molecule is OC(Cc1c(F)cccc1Cl)c1ccc(Br)cc1. The summed E-state index contributed by atoms with van der Waals surface area (Å²) in [4.78, 5) is 0. The van der Waals surface area contributed by atoms with Crippen LogP contribution in [0.3, 0.4) is 0 Å². The van der Waals surface area contributed by atoms with Crippen LogP contribution in [0.25, 0.3) is 0 Å². The molecule has 0 amide bonds. The van der Waals surface area contributed by atoms with Crippen molar-refractivity contribution in [3.05, 3.63) is 68.9 Å². The average Bonchev–Trinajstić information content (AvgIpc) is 2.34. The third-order valence-corrected chi connectivity index (χ3v) is 3.60. The van der Waals surface area contributed by atoms with Gasteiger partial charge in [-0.05, 0) is 29.8 Å². The van der Waals surface area contributed by atoms with E-state index in [4.69, 9.17) is 11.6 Å². The van der Waals surface area contributed by atoms with Crippen molar-refractivity contribution < 1.29 is 9.50 Å². The minimum absolute atomic E-state index is 0.160. The van der Waals surface area contributed by atoms with Gasteiger partial charge in [0, 0.05) is 21.5 Å². The van der Waals surface area contributed by atoms with Crippen LogP contribution < -0.4 is 0 Å². The van der Waals surface area contributed by atoms with Gasteiger partial charge in [-0.2, -0.15) is 0 Å². The Hall–Kier alpha value is -0.900. The van der Waals surface area contributed by atoms with E-state index in [1.807, 2.05) is 12.1 Å². The molecule has 0 heterocycles. The number of hydrogen-bond acceptors (Lipinski definition) is 1. The Bertz CT molecular complexity index is 522. The first-order valence-corrected chi connectivity index (χ1v) is 6.61. The van der Waals surface area contributed by atoms with Crippen LogP contribution >= 0.6 is 27.5 Å². The molecule has 1 unspecified atom stereocenters. The number of halogens is 3. The highest BCUT2D eigenvalue weighted by Gasteiger charge is 2.14. The molecule has 0 aliphatic carbocycles. The lowest BCUT2D eigenvalue weighted by molar-refractivity contribution is 0.177. The van der Waals surface area contributed by atoms with Crippen LogP contribution in [0.4, 0.5) is 4.39 Å². The molecule has 1 nitrogen and oxygen atoms in total. The van der Waals surface area contributed by atoms with Gasteiger partial charge in [-0.15, -0.1) is 0 Å². The largest absolute Gasteiger partial charge is 0.388 e. The molecule has 0 spiro atoms. The molecule has 0 radical (unpaired) electrons. The predicted molar refractivity (Wildman–Crippen MR) is 74.2 cm³/mol. The topological polar surface area (TPSA) is 20.2 Å².